The topological polar surface area (TPSA) is 64.3 Å². The van der Waals surface area contributed by atoms with Gasteiger partial charge >= 0.3 is 5.97 Å². The van der Waals surface area contributed by atoms with E-state index in [0.29, 0.717) is 12.1 Å². The molecule has 106 valence electrons. The predicted octanol–water partition coefficient (Wildman–Crippen LogP) is 3.72. The van der Waals surface area contributed by atoms with Gasteiger partial charge in [0, 0.05) is 12.2 Å². The fraction of sp³-hybridized carbons (Fsp3) is 0.176. The molecule has 0 radical (unpaired) electrons. The maximum atomic E-state index is 11.0. The normalized spacial score (nSPS) is 9.95. The number of carboxylic acid groups (broad SMARTS) is 1. The molecule has 2 aromatic carbocycles. The summed E-state index contributed by atoms with van der Waals surface area (Å²) in [7, 11) is 0. The summed E-state index contributed by atoms with van der Waals surface area (Å²) in [5, 5.41) is 18.3. The first-order valence-corrected chi connectivity index (χ1v) is 6.69. The molecule has 2 rings (SSSR count). The number of benzene rings is 2. The maximum Gasteiger partial charge on any atom is 0.335 e. The van der Waals surface area contributed by atoms with Gasteiger partial charge in [-0.2, -0.15) is 5.26 Å². The highest BCUT2D eigenvalue weighted by atomic mass is 16.4. The number of carbonyl (C=O) groups is 1. The van der Waals surface area contributed by atoms with Crippen molar-refractivity contribution in [3.8, 4) is 6.07 Å². The smallest absolute Gasteiger partial charge is 0.335 e. The van der Waals surface area contributed by atoms with Crippen LogP contribution in [0.15, 0.2) is 42.5 Å². The summed E-state index contributed by atoms with van der Waals surface area (Å²) in [6.45, 7) is 4.69. The van der Waals surface area contributed by atoms with E-state index >= 15 is 0 Å². The molecule has 0 fully saturated rings. The van der Waals surface area contributed by atoms with Gasteiger partial charge in [0.05, 0.1) is 16.8 Å². The highest BCUT2D eigenvalue weighted by Crippen LogP contribution is 2.31. The van der Waals surface area contributed by atoms with Crippen LogP contribution >= 0.6 is 0 Å². The molecular formula is C17H16N2O2. The molecule has 0 aliphatic carbocycles. The molecule has 2 aromatic rings. The van der Waals surface area contributed by atoms with Gasteiger partial charge in [0.2, 0.25) is 0 Å². The number of para-hydroxylation sites is 1. The van der Waals surface area contributed by atoms with E-state index in [1.54, 1.807) is 6.07 Å². The van der Waals surface area contributed by atoms with E-state index in [2.05, 4.69) is 6.07 Å². The highest BCUT2D eigenvalue weighted by Gasteiger charge is 2.15. The van der Waals surface area contributed by atoms with Crippen LogP contribution < -0.4 is 4.90 Å². The van der Waals surface area contributed by atoms with Crippen LogP contribution in [0.2, 0.25) is 0 Å². The van der Waals surface area contributed by atoms with Gasteiger partial charge in [0.25, 0.3) is 0 Å². The summed E-state index contributed by atoms with van der Waals surface area (Å²) in [6.07, 6.45) is 0. The zero-order valence-corrected chi connectivity index (χ0v) is 12.0. The SMILES string of the molecule is CCN(c1ccccc1C)c1ccc(C(=O)O)cc1C#N. The van der Waals surface area contributed by atoms with Crippen molar-refractivity contribution < 1.29 is 9.90 Å². The number of anilines is 2. The number of nitriles is 1. The fourth-order valence-electron chi connectivity index (χ4n) is 2.33. The molecule has 0 heterocycles. The lowest BCUT2D eigenvalue weighted by Crippen LogP contribution is -2.18. The van der Waals surface area contributed by atoms with E-state index in [1.165, 1.54) is 12.1 Å². The van der Waals surface area contributed by atoms with E-state index in [4.69, 9.17) is 5.11 Å². The number of hydrogen-bond donors (Lipinski definition) is 1. The molecule has 0 bridgehead atoms. The Morgan fingerprint density at radius 2 is 1.95 bits per heavy atom. The Balaban J connectivity index is 2.56. The van der Waals surface area contributed by atoms with Gasteiger partial charge in [-0.05, 0) is 43.7 Å². The molecule has 0 aromatic heterocycles. The van der Waals surface area contributed by atoms with E-state index in [-0.39, 0.29) is 5.56 Å². The standard InChI is InChI=1S/C17H16N2O2/c1-3-19(15-7-5-4-6-12(15)2)16-9-8-13(17(20)21)10-14(16)11-18/h4-10H,3H2,1-2H3,(H,20,21). The van der Waals surface area contributed by atoms with Crippen molar-refractivity contribution in [2.45, 2.75) is 13.8 Å². The largest absolute Gasteiger partial charge is 0.478 e. The molecule has 0 saturated carbocycles. The molecule has 0 atom stereocenters. The number of hydrogen-bond acceptors (Lipinski definition) is 3. The van der Waals surface area contributed by atoms with E-state index in [9.17, 15) is 10.1 Å². The van der Waals surface area contributed by atoms with Gasteiger partial charge in [0.15, 0.2) is 0 Å². The van der Waals surface area contributed by atoms with Crippen molar-refractivity contribution in [1.82, 2.24) is 0 Å². The van der Waals surface area contributed by atoms with Crippen molar-refractivity contribution in [2.24, 2.45) is 0 Å². The lowest BCUT2D eigenvalue weighted by Gasteiger charge is -2.26. The Bertz CT molecular complexity index is 717. The molecule has 1 N–H and O–H groups in total. The molecule has 4 heteroatoms. The molecule has 0 spiro atoms. The van der Waals surface area contributed by atoms with Gasteiger partial charge in [-0.3, -0.25) is 0 Å². The third-order valence-corrected chi connectivity index (χ3v) is 3.38. The third kappa shape index (κ3) is 2.87. The van der Waals surface area contributed by atoms with Crippen LogP contribution in [0.25, 0.3) is 0 Å². The molecule has 0 aliphatic rings. The first-order chi connectivity index (χ1) is 10.1. The third-order valence-electron chi connectivity index (χ3n) is 3.38. The molecule has 4 nitrogen and oxygen atoms in total. The lowest BCUT2D eigenvalue weighted by atomic mass is 10.1. The van der Waals surface area contributed by atoms with Crippen LogP contribution in [0.5, 0.6) is 0 Å². The number of carboxylic acids is 1. The molecular weight excluding hydrogens is 264 g/mol. The zero-order chi connectivity index (χ0) is 15.4. The lowest BCUT2D eigenvalue weighted by molar-refractivity contribution is 0.0697. The second-order valence-corrected chi connectivity index (χ2v) is 4.68. The highest BCUT2D eigenvalue weighted by molar-refractivity contribution is 5.89. The van der Waals surface area contributed by atoms with Gasteiger partial charge < -0.3 is 10.0 Å². The van der Waals surface area contributed by atoms with Crippen molar-refractivity contribution in [3.63, 3.8) is 0 Å². The number of aromatic carboxylic acids is 1. The Kier molecular flexibility index (Phi) is 4.24. The Hall–Kier alpha value is -2.80. The summed E-state index contributed by atoms with van der Waals surface area (Å²) in [6, 6.07) is 14.6. The van der Waals surface area contributed by atoms with Crippen LogP contribution in [0.3, 0.4) is 0 Å². The summed E-state index contributed by atoms with van der Waals surface area (Å²) in [4.78, 5) is 13.0. The number of nitrogens with zero attached hydrogens (tertiary/aromatic N) is 2. The minimum atomic E-state index is -1.03. The molecule has 0 amide bonds. The quantitative estimate of drug-likeness (QED) is 0.927. The van der Waals surface area contributed by atoms with Crippen LogP contribution in [-0.4, -0.2) is 17.6 Å². The van der Waals surface area contributed by atoms with Crippen molar-refractivity contribution in [3.05, 3.63) is 59.2 Å². The molecule has 0 aliphatic heterocycles. The Morgan fingerprint density at radius 1 is 1.24 bits per heavy atom. The minimum Gasteiger partial charge on any atom is -0.478 e. The Morgan fingerprint density at radius 3 is 2.52 bits per heavy atom. The molecule has 0 saturated heterocycles. The minimum absolute atomic E-state index is 0.121. The fourth-order valence-corrected chi connectivity index (χ4v) is 2.33. The van der Waals surface area contributed by atoms with Crippen LogP contribution in [-0.2, 0) is 0 Å². The predicted molar refractivity (Wildman–Crippen MR) is 82.0 cm³/mol. The van der Waals surface area contributed by atoms with Crippen molar-refractivity contribution >= 4 is 17.3 Å². The van der Waals surface area contributed by atoms with Crippen LogP contribution in [0.1, 0.15) is 28.4 Å². The second kappa shape index (κ2) is 6.10. The van der Waals surface area contributed by atoms with Gasteiger partial charge in [0.1, 0.15) is 6.07 Å². The van der Waals surface area contributed by atoms with E-state index in [0.717, 1.165) is 16.9 Å². The van der Waals surface area contributed by atoms with E-state index < -0.39 is 5.97 Å². The van der Waals surface area contributed by atoms with Gasteiger partial charge in [-0.15, -0.1) is 0 Å². The first-order valence-electron chi connectivity index (χ1n) is 6.69. The van der Waals surface area contributed by atoms with Gasteiger partial charge in [-0.25, -0.2) is 4.79 Å². The Labute approximate surface area is 123 Å². The number of aryl methyl sites for hydroxylation is 1. The average molecular weight is 280 g/mol. The summed E-state index contributed by atoms with van der Waals surface area (Å²) in [5.74, 6) is -1.03. The zero-order valence-electron chi connectivity index (χ0n) is 12.0. The van der Waals surface area contributed by atoms with Crippen LogP contribution in [0.4, 0.5) is 11.4 Å². The maximum absolute atomic E-state index is 11.0. The average Bonchev–Trinajstić information content (AvgIpc) is 2.49. The van der Waals surface area contributed by atoms with Crippen LogP contribution in [0, 0.1) is 18.3 Å². The second-order valence-electron chi connectivity index (χ2n) is 4.68. The summed E-state index contributed by atoms with van der Waals surface area (Å²) in [5.41, 5.74) is 3.32. The molecule has 0 unspecified atom stereocenters. The number of rotatable bonds is 4. The summed E-state index contributed by atoms with van der Waals surface area (Å²) >= 11 is 0. The first kappa shape index (κ1) is 14.6. The summed E-state index contributed by atoms with van der Waals surface area (Å²) < 4.78 is 0. The molecule has 21 heavy (non-hydrogen) atoms. The van der Waals surface area contributed by atoms with Crippen molar-refractivity contribution in [2.75, 3.05) is 11.4 Å². The van der Waals surface area contributed by atoms with Gasteiger partial charge in [-0.1, -0.05) is 18.2 Å². The van der Waals surface area contributed by atoms with Crippen molar-refractivity contribution in [1.29, 1.82) is 5.26 Å². The van der Waals surface area contributed by atoms with E-state index in [1.807, 2.05) is 43.0 Å². The monoisotopic (exact) mass is 280 g/mol.